The molecule has 0 atom stereocenters. The Morgan fingerprint density at radius 2 is 1.95 bits per heavy atom. The summed E-state index contributed by atoms with van der Waals surface area (Å²) in [5.74, 6) is -0.838. The first-order valence-corrected chi connectivity index (χ1v) is 5.37. The second kappa shape index (κ2) is 4.69. The van der Waals surface area contributed by atoms with Crippen LogP contribution in [0.1, 0.15) is 23.6 Å². The minimum absolute atomic E-state index is 0. The molecule has 0 N–H and O–H groups in total. The Kier molecular flexibility index (Phi) is 1.16. The number of imidazole rings is 1. The van der Waals surface area contributed by atoms with Gasteiger partial charge in [-0.2, -0.15) is 0 Å². The number of hydrogen-bond acceptors (Lipinski definition) is 1. The molecule has 20 heavy (non-hydrogen) atoms. The van der Waals surface area contributed by atoms with E-state index in [2.05, 4.69) is 11.1 Å². The van der Waals surface area contributed by atoms with Crippen molar-refractivity contribution < 1.29 is 37.9 Å². The predicted octanol–water partition coefficient (Wildman–Crippen LogP) is 3.99. The van der Waals surface area contributed by atoms with Gasteiger partial charge in [-0.05, 0) is 13.6 Å². The van der Waals surface area contributed by atoms with Crippen molar-refractivity contribution in [3.05, 3.63) is 54.2 Å². The summed E-state index contributed by atoms with van der Waals surface area (Å²) in [4.78, 5) is 3.99. The number of aryl methyl sites for hydroxylation is 2. The van der Waals surface area contributed by atoms with Crippen LogP contribution in [0.3, 0.4) is 0 Å². The zero-order valence-corrected chi connectivity index (χ0v) is 12.1. The van der Waals surface area contributed by atoms with Crippen molar-refractivity contribution in [3.63, 3.8) is 0 Å². The minimum atomic E-state index is -3.08. The van der Waals surface area contributed by atoms with Gasteiger partial charge in [-0.15, -0.1) is 29.6 Å². The average molecular weight is 451 g/mol. The molecular weight excluding hydrogens is 424 g/mol. The molecule has 1 aromatic heterocycles. The van der Waals surface area contributed by atoms with Gasteiger partial charge in [0, 0.05) is 49.1 Å². The molecule has 1 heterocycles. The van der Waals surface area contributed by atoms with Gasteiger partial charge in [0.1, 0.15) is 0 Å². The summed E-state index contributed by atoms with van der Waals surface area (Å²) in [6.07, 6.45) is 0. The van der Waals surface area contributed by atoms with E-state index in [4.69, 9.17) is 17.8 Å². The zero-order valence-electron chi connectivity index (χ0n) is 22.7. The zero-order chi connectivity index (χ0) is 24.1. The predicted molar refractivity (Wildman–Crippen MR) is 79.3 cm³/mol. The summed E-state index contributed by atoms with van der Waals surface area (Å²) in [5, 5.41) is -0.961. The van der Waals surface area contributed by atoms with Crippen molar-refractivity contribution >= 4 is 32.6 Å². The van der Waals surface area contributed by atoms with Crippen LogP contribution in [0.4, 0.5) is 0 Å². The van der Waals surface area contributed by atoms with E-state index in [1.54, 1.807) is 0 Å². The van der Waals surface area contributed by atoms with E-state index in [0.29, 0.717) is 4.57 Å². The Bertz CT molecular complexity index is 1470. The molecule has 4 rings (SSSR count). The molecule has 3 aromatic carbocycles. The Balaban J connectivity index is 0.00000306. The summed E-state index contributed by atoms with van der Waals surface area (Å²) in [6, 6.07) is -1.68. The van der Waals surface area contributed by atoms with Crippen molar-refractivity contribution in [2.24, 2.45) is 6.98 Å². The number of hydrogen-bond donors (Lipinski definition) is 0. The third-order valence-corrected chi connectivity index (χ3v) is 2.98. The first-order chi connectivity index (χ1) is 14.6. The maximum atomic E-state index is 8.40. The standard InChI is InChI=1S/C17H13N2.Ir/c1-11-18-16-14-9-5-3-7-12(14)13-8-4-6-10-15(13)17(16)19(11)2;/h3-8,10H,1-2H3;/q-1;/i1D3,2D3,3D,4D,5D,6D,7D,8D,10D;. The molecule has 0 spiro atoms. The van der Waals surface area contributed by atoms with Gasteiger partial charge in [0.25, 0.3) is 0 Å². The second-order valence-corrected chi connectivity index (χ2v) is 3.97. The van der Waals surface area contributed by atoms with E-state index < -0.39 is 67.5 Å². The van der Waals surface area contributed by atoms with Crippen LogP contribution in [0.5, 0.6) is 0 Å². The molecule has 101 valence electrons. The van der Waals surface area contributed by atoms with Gasteiger partial charge in [0.15, 0.2) is 0 Å². The maximum absolute atomic E-state index is 8.40. The van der Waals surface area contributed by atoms with Gasteiger partial charge in [-0.3, -0.25) is 4.98 Å². The van der Waals surface area contributed by atoms with Crippen LogP contribution in [0.15, 0.2) is 42.3 Å². The number of aromatic nitrogens is 2. The van der Waals surface area contributed by atoms with Crippen molar-refractivity contribution in [2.75, 3.05) is 0 Å². The molecule has 0 aliphatic rings. The monoisotopic (exact) mass is 451 g/mol. The van der Waals surface area contributed by atoms with E-state index in [0.717, 1.165) is 0 Å². The maximum Gasteiger partial charge on any atom is 0.0949 e. The van der Waals surface area contributed by atoms with Crippen LogP contribution in [-0.2, 0) is 27.1 Å². The third-order valence-electron chi connectivity index (χ3n) is 2.98. The fourth-order valence-corrected chi connectivity index (χ4v) is 2.18. The van der Waals surface area contributed by atoms with Gasteiger partial charge < -0.3 is 4.57 Å². The van der Waals surface area contributed by atoms with Gasteiger partial charge in [0.05, 0.1) is 11.3 Å². The van der Waals surface area contributed by atoms with Crippen molar-refractivity contribution in [2.45, 2.75) is 6.85 Å². The third kappa shape index (κ3) is 1.64. The molecular formula is C17H13IrN2-. The molecule has 0 aliphatic carbocycles. The number of fused-ring (bicyclic) bond motifs is 6. The molecule has 0 saturated carbocycles. The summed E-state index contributed by atoms with van der Waals surface area (Å²) in [5.41, 5.74) is -0.680. The van der Waals surface area contributed by atoms with Crippen LogP contribution in [0, 0.1) is 12.9 Å². The molecule has 0 bridgehead atoms. The van der Waals surface area contributed by atoms with Crippen molar-refractivity contribution in [3.8, 4) is 0 Å². The van der Waals surface area contributed by atoms with E-state index >= 15 is 0 Å². The largest absolute Gasteiger partial charge is 0.339 e. The van der Waals surface area contributed by atoms with E-state index in [1.165, 1.54) is 0 Å². The van der Waals surface area contributed by atoms with Crippen LogP contribution < -0.4 is 0 Å². The van der Waals surface area contributed by atoms with E-state index in [-0.39, 0.29) is 47.2 Å². The quantitative estimate of drug-likeness (QED) is 0.293. The normalized spacial score (nSPS) is 21.7. The van der Waals surface area contributed by atoms with Crippen LogP contribution in [0.25, 0.3) is 32.6 Å². The van der Waals surface area contributed by atoms with Crippen LogP contribution in [0.2, 0.25) is 0 Å². The molecule has 1 radical (unpaired) electrons. The Morgan fingerprint density at radius 1 is 1.15 bits per heavy atom. The Hall–Kier alpha value is -1.70. The molecule has 0 aliphatic heterocycles. The SMILES string of the molecule is [2H]c1[c-]c2c3nc(C([2H])([2H])[2H])n(C([2H])([2H])[2H])c3c3c([2H])c([2H])c([2H])c([2H])c3c2c([2H])c1[2H].[Ir]. The number of benzene rings is 3. The minimum Gasteiger partial charge on any atom is -0.339 e. The summed E-state index contributed by atoms with van der Waals surface area (Å²) in [7, 11) is 0. The molecule has 0 amide bonds. The van der Waals surface area contributed by atoms with Crippen LogP contribution in [-0.4, -0.2) is 9.55 Å². The first-order valence-electron chi connectivity index (χ1n) is 11.9. The summed E-state index contributed by atoms with van der Waals surface area (Å²) < 4.78 is 105. The van der Waals surface area contributed by atoms with E-state index in [1.807, 2.05) is 0 Å². The second-order valence-electron chi connectivity index (χ2n) is 3.97. The number of nitrogens with zero attached hydrogens (tertiary/aromatic N) is 2. The van der Waals surface area contributed by atoms with Crippen molar-refractivity contribution in [1.82, 2.24) is 9.55 Å². The van der Waals surface area contributed by atoms with E-state index in [9.17, 15) is 0 Å². The van der Waals surface area contributed by atoms with Gasteiger partial charge in [0.2, 0.25) is 0 Å². The molecule has 4 aromatic rings. The summed E-state index contributed by atoms with van der Waals surface area (Å²) >= 11 is 0. The number of rotatable bonds is 0. The fraction of sp³-hybridized carbons (Fsp3) is 0.118. The molecule has 0 fully saturated rings. The van der Waals surface area contributed by atoms with Crippen molar-refractivity contribution in [1.29, 1.82) is 0 Å². The molecule has 2 nitrogen and oxygen atoms in total. The Labute approximate surface area is 149 Å². The Morgan fingerprint density at radius 3 is 2.75 bits per heavy atom. The van der Waals surface area contributed by atoms with Crippen LogP contribution >= 0.6 is 0 Å². The average Bonchev–Trinajstić information content (AvgIpc) is 3.09. The molecule has 0 unspecified atom stereocenters. The van der Waals surface area contributed by atoms with Gasteiger partial charge in [-0.25, -0.2) is 0 Å². The fourth-order valence-electron chi connectivity index (χ4n) is 2.18. The molecule has 3 heteroatoms. The molecule has 0 saturated heterocycles. The topological polar surface area (TPSA) is 17.8 Å². The van der Waals surface area contributed by atoms with Gasteiger partial charge in [-0.1, -0.05) is 34.9 Å². The van der Waals surface area contributed by atoms with Gasteiger partial charge >= 0.3 is 0 Å². The smallest absolute Gasteiger partial charge is 0.0949 e. The first kappa shape index (κ1) is 4.94. The summed E-state index contributed by atoms with van der Waals surface area (Å²) in [6.45, 7) is -6.08.